The van der Waals surface area contributed by atoms with Gasteiger partial charge in [-0.05, 0) is 38.5 Å². The Hall–Kier alpha value is -2.00. The molecule has 0 radical (unpaired) electrons. The van der Waals surface area contributed by atoms with E-state index in [1.165, 1.54) is 62.7 Å². The van der Waals surface area contributed by atoms with Gasteiger partial charge in [0.1, 0.15) is 0 Å². The van der Waals surface area contributed by atoms with Crippen molar-refractivity contribution in [1.82, 2.24) is 20.5 Å². The number of carboxylic acid groups (broad SMARTS) is 1. The number of hydrogen-bond donors (Lipinski definition) is 3. The Morgan fingerprint density at radius 1 is 1.09 bits per heavy atom. The monoisotopic (exact) mass is 504 g/mol. The Kier molecular flexibility index (Phi) is 9.16. The zero-order valence-corrected chi connectivity index (χ0v) is 21.7. The molecule has 2 aliphatic carbocycles. The Morgan fingerprint density at radius 2 is 1.77 bits per heavy atom. The van der Waals surface area contributed by atoms with Gasteiger partial charge in [0.2, 0.25) is 5.91 Å². The summed E-state index contributed by atoms with van der Waals surface area (Å²) in [5.74, 6) is -1.56. The van der Waals surface area contributed by atoms with Crippen molar-refractivity contribution < 1.29 is 19.5 Å². The molecule has 3 aliphatic rings. The highest BCUT2D eigenvalue weighted by atomic mass is 32.1. The van der Waals surface area contributed by atoms with E-state index in [0.29, 0.717) is 29.9 Å². The number of likely N-dealkylation sites (tertiary alicyclic amines) is 1. The summed E-state index contributed by atoms with van der Waals surface area (Å²) in [5, 5.41) is 16.9. The van der Waals surface area contributed by atoms with Gasteiger partial charge in [-0.1, -0.05) is 51.4 Å². The van der Waals surface area contributed by atoms with Gasteiger partial charge in [0.25, 0.3) is 5.91 Å². The van der Waals surface area contributed by atoms with E-state index in [1.807, 2.05) is 6.92 Å². The number of carboxylic acids is 1. The molecule has 0 unspecified atom stereocenters. The lowest BCUT2D eigenvalue weighted by Crippen LogP contribution is -2.58. The van der Waals surface area contributed by atoms with Crippen LogP contribution in [0.3, 0.4) is 0 Å². The van der Waals surface area contributed by atoms with Crippen molar-refractivity contribution in [2.75, 3.05) is 13.1 Å². The first-order valence-corrected chi connectivity index (χ1v) is 14.2. The van der Waals surface area contributed by atoms with Gasteiger partial charge in [-0.2, -0.15) is 0 Å². The van der Waals surface area contributed by atoms with Crippen LogP contribution in [0.15, 0.2) is 6.20 Å². The van der Waals surface area contributed by atoms with Crippen LogP contribution < -0.4 is 10.6 Å². The van der Waals surface area contributed by atoms with Gasteiger partial charge >= 0.3 is 5.97 Å². The minimum Gasteiger partial charge on any atom is -0.481 e. The molecule has 3 N–H and O–H groups in total. The molecular formula is C26H40N4O4S. The lowest BCUT2D eigenvalue weighted by Gasteiger charge is -2.40. The largest absolute Gasteiger partial charge is 0.481 e. The standard InChI is InChI=1S/C26H40N4O4S/c1-17-15-27-24(35-17)23(31)29-21-12-13-30(16-20(21)26(33)34)25(32)22(14-18-8-4-2-5-9-18)28-19-10-6-3-7-11-19/h15,18-22,28H,2-14,16H2,1H3,(H,29,31)(H,33,34)/t20-,21+,22+/m0/s1. The topological polar surface area (TPSA) is 112 Å². The van der Waals surface area contributed by atoms with Crippen molar-refractivity contribution in [2.24, 2.45) is 11.8 Å². The van der Waals surface area contributed by atoms with Crippen molar-refractivity contribution in [1.29, 1.82) is 0 Å². The van der Waals surface area contributed by atoms with Crippen molar-refractivity contribution >= 4 is 29.1 Å². The van der Waals surface area contributed by atoms with Gasteiger partial charge in [0.15, 0.2) is 5.01 Å². The number of aliphatic carboxylic acids is 1. The molecule has 1 aromatic rings. The molecule has 1 saturated heterocycles. The smallest absolute Gasteiger partial charge is 0.310 e. The molecule has 35 heavy (non-hydrogen) atoms. The van der Waals surface area contributed by atoms with Gasteiger partial charge in [-0.3, -0.25) is 14.4 Å². The summed E-state index contributed by atoms with van der Waals surface area (Å²) in [6, 6.07) is -0.397. The fourth-order valence-corrected chi connectivity index (χ4v) is 6.70. The highest BCUT2D eigenvalue weighted by Crippen LogP contribution is 2.29. The predicted octanol–water partition coefficient (Wildman–Crippen LogP) is 3.74. The van der Waals surface area contributed by atoms with Crippen molar-refractivity contribution in [3.63, 3.8) is 0 Å². The highest BCUT2D eigenvalue weighted by Gasteiger charge is 2.39. The van der Waals surface area contributed by atoms with E-state index >= 15 is 0 Å². The van der Waals surface area contributed by atoms with E-state index in [2.05, 4.69) is 15.6 Å². The number of nitrogens with zero attached hydrogens (tertiary/aromatic N) is 2. The number of piperidine rings is 1. The van der Waals surface area contributed by atoms with Crippen LogP contribution in [-0.2, 0) is 9.59 Å². The first kappa shape index (κ1) is 26.1. The molecule has 0 aromatic carbocycles. The summed E-state index contributed by atoms with van der Waals surface area (Å²) < 4.78 is 0. The van der Waals surface area contributed by atoms with E-state index in [1.54, 1.807) is 11.1 Å². The molecule has 3 fully saturated rings. The minimum absolute atomic E-state index is 0.0349. The molecular weight excluding hydrogens is 464 g/mol. The van der Waals surface area contributed by atoms with Crippen LogP contribution in [0.5, 0.6) is 0 Å². The number of thiazole rings is 1. The summed E-state index contributed by atoms with van der Waals surface area (Å²) >= 11 is 1.29. The molecule has 9 heteroatoms. The molecule has 194 valence electrons. The van der Waals surface area contributed by atoms with E-state index in [4.69, 9.17) is 0 Å². The third kappa shape index (κ3) is 7.03. The number of nitrogens with one attached hydrogen (secondary N) is 2. The lowest BCUT2D eigenvalue weighted by molar-refractivity contribution is -0.147. The summed E-state index contributed by atoms with van der Waals surface area (Å²) in [4.78, 5) is 45.3. The molecule has 3 atom stereocenters. The number of amides is 2. The maximum Gasteiger partial charge on any atom is 0.310 e. The molecule has 4 rings (SSSR count). The van der Waals surface area contributed by atoms with Gasteiger partial charge in [0.05, 0.1) is 12.0 Å². The first-order valence-electron chi connectivity index (χ1n) is 13.4. The van der Waals surface area contributed by atoms with Gasteiger partial charge < -0.3 is 20.6 Å². The molecule has 2 saturated carbocycles. The number of carbonyl (C=O) groups excluding carboxylic acids is 2. The van der Waals surface area contributed by atoms with Crippen molar-refractivity contribution in [2.45, 2.75) is 102 Å². The van der Waals surface area contributed by atoms with Gasteiger partial charge in [-0.15, -0.1) is 11.3 Å². The molecule has 0 bridgehead atoms. The summed E-state index contributed by atoms with van der Waals surface area (Å²) in [6.07, 6.45) is 14.9. The summed E-state index contributed by atoms with van der Waals surface area (Å²) in [6.45, 7) is 2.46. The van der Waals surface area contributed by atoms with Gasteiger partial charge in [-0.25, -0.2) is 4.98 Å². The maximum absolute atomic E-state index is 13.7. The SMILES string of the molecule is Cc1cnc(C(=O)N[C@@H]2CCN(C(=O)[C@@H](CC3CCCCC3)NC3CCCCC3)C[C@@H]2C(=O)O)s1. The number of aryl methyl sites for hydroxylation is 1. The van der Waals surface area contributed by atoms with E-state index in [-0.39, 0.29) is 24.4 Å². The minimum atomic E-state index is -0.979. The molecule has 1 aromatic heterocycles. The van der Waals surface area contributed by atoms with Crippen LogP contribution in [0.2, 0.25) is 0 Å². The fraction of sp³-hybridized carbons (Fsp3) is 0.769. The first-order chi connectivity index (χ1) is 16.9. The second-order valence-corrected chi connectivity index (χ2v) is 11.9. The maximum atomic E-state index is 13.7. The van der Waals surface area contributed by atoms with Crippen LogP contribution >= 0.6 is 11.3 Å². The Labute approximate surface area is 212 Å². The van der Waals surface area contributed by atoms with E-state index in [9.17, 15) is 19.5 Å². The van der Waals surface area contributed by atoms with E-state index < -0.39 is 17.9 Å². The average molecular weight is 505 g/mol. The lowest BCUT2D eigenvalue weighted by atomic mass is 9.83. The normalized spacial score (nSPS) is 25.2. The third-order valence-corrected chi connectivity index (χ3v) is 8.92. The quantitative estimate of drug-likeness (QED) is 0.497. The highest BCUT2D eigenvalue weighted by molar-refractivity contribution is 7.13. The van der Waals surface area contributed by atoms with Crippen molar-refractivity contribution in [3.8, 4) is 0 Å². The van der Waals surface area contributed by atoms with Crippen LogP contribution in [0.1, 0.15) is 91.7 Å². The van der Waals surface area contributed by atoms with Crippen LogP contribution in [0.25, 0.3) is 0 Å². The second-order valence-electron chi connectivity index (χ2n) is 10.7. The Bertz CT molecular complexity index is 858. The Morgan fingerprint density at radius 3 is 2.40 bits per heavy atom. The van der Waals surface area contributed by atoms with Gasteiger partial charge in [0, 0.05) is 36.2 Å². The zero-order valence-electron chi connectivity index (χ0n) is 20.8. The van der Waals surface area contributed by atoms with E-state index in [0.717, 1.165) is 24.1 Å². The molecule has 0 spiro atoms. The zero-order chi connectivity index (χ0) is 24.8. The van der Waals surface area contributed by atoms with Crippen LogP contribution in [-0.4, -0.2) is 64.0 Å². The molecule has 8 nitrogen and oxygen atoms in total. The molecule has 2 amide bonds. The van der Waals surface area contributed by atoms with Crippen LogP contribution in [0.4, 0.5) is 0 Å². The number of rotatable bonds is 8. The summed E-state index contributed by atoms with van der Waals surface area (Å²) in [5.41, 5.74) is 0. The fourth-order valence-electron chi connectivity index (χ4n) is 6.04. The number of carbonyl (C=O) groups is 3. The third-order valence-electron chi connectivity index (χ3n) is 8.01. The van der Waals surface area contributed by atoms with Crippen LogP contribution in [0, 0.1) is 18.8 Å². The number of aromatic nitrogens is 1. The molecule has 1 aliphatic heterocycles. The Balaban J connectivity index is 1.41. The second kappa shape index (κ2) is 12.3. The summed E-state index contributed by atoms with van der Waals surface area (Å²) in [7, 11) is 0. The number of hydrogen-bond acceptors (Lipinski definition) is 6. The molecule has 2 heterocycles. The predicted molar refractivity (Wildman–Crippen MR) is 135 cm³/mol. The average Bonchev–Trinajstić information content (AvgIpc) is 3.31. The van der Waals surface area contributed by atoms with Crippen molar-refractivity contribution in [3.05, 3.63) is 16.1 Å².